The molecule has 0 aromatic rings. The van der Waals surface area contributed by atoms with Crippen molar-refractivity contribution in [3.8, 4) is 0 Å². The van der Waals surface area contributed by atoms with Crippen LogP contribution in [0.2, 0.25) is 0 Å². The molecule has 0 rings (SSSR count). The van der Waals surface area contributed by atoms with Gasteiger partial charge in [-0.2, -0.15) is 0 Å². The third-order valence-corrected chi connectivity index (χ3v) is 2.42. The lowest BCUT2D eigenvalue weighted by Gasteiger charge is -1.93. The Morgan fingerprint density at radius 3 is 1.88 bits per heavy atom. The van der Waals surface area contributed by atoms with Crippen molar-refractivity contribution in [3.63, 3.8) is 0 Å². The summed E-state index contributed by atoms with van der Waals surface area (Å²) in [5, 5.41) is 0. The molecule has 0 aromatic carbocycles. The summed E-state index contributed by atoms with van der Waals surface area (Å²) < 4.78 is 0. The van der Waals surface area contributed by atoms with E-state index in [1.807, 2.05) is 6.08 Å². The Balaban J connectivity index is 3.27. The highest BCUT2D eigenvalue weighted by Gasteiger charge is 1.83. The molecule has 2 N–H and O–H groups in total. The quantitative estimate of drug-likeness (QED) is 0.412. The smallest absolute Gasteiger partial charge is 0.00773 e. The van der Waals surface area contributed by atoms with Crippen LogP contribution >= 0.6 is 0 Å². The van der Waals surface area contributed by atoms with Crippen LogP contribution < -0.4 is 5.73 Å². The number of unbranched alkanes of at least 4 members (excludes halogenated alkanes) is 3. The summed E-state index contributed by atoms with van der Waals surface area (Å²) in [5.74, 6) is 0. The van der Waals surface area contributed by atoms with Crippen molar-refractivity contribution in [3.05, 3.63) is 49.1 Å². The van der Waals surface area contributed by atoms with Gasteiger partial charge in [-0.1, -0.05) is 49.0 Å². The summed E-state index contributed by atoms with van der Waals surface area (Å²) in [4.78, 5) is 0. The third kappa shape index (κ3) is 14.9. The second-order valence-corrected chi connectivity index (χ2v) is 4.05. The highest BCUT2D eigenvalue weighted by atomic mass is 14.5. The third-order valence-electron chi connectivity index (χ3n) is 2.42. The average molecular weight is 233 g/mol. The second-order valence-electron chi connectivity index (χ2n) is 4.05. The van der Waals surface area contributed by atoms with E-state index in [4.69, 9.17) is 5.73 Å². The van der Waals surface area contributed by atoms with Crippen LogP contribution in [0.1, 0.15) is 44.9 Å². The number of hydrogen-bond acceptors (Lipinski definition) is 1. The van der Waals surface area contributed by atoms with Crippen LogP contribution in [0.25, 0.3) is 0 Å². The van der Waals surface area contributed by atoms with Crippen LogP contribution in [0.4, 0.5) is 0 Å². The lowest BCUT2D eigenvalue weighted by atomic mass is 10.2. The van der Waals surface area contributed by atoms with Crippen molar-refractivity contribution in [2.24, 2.45) is 5.73 Å². The SMILES string of the molecule is C=CCC=CCC=CCC=CCCCCCN. The van der Waals surface area contributed by atoms with E-state index in [1.165, 1.54) is 19.3 Å². The summed E-state index contributed by atoms with van der Waals surface area (Å²) in [5.41, 5.74) is 5.43. The molecule has 96 valence electrons. The van der Waals surface area contributed by atoms with Gasteiger partial charge in [-0.25, -0.2) is 0 Å². The summed E-state index contributed by atoms with van der Waals surface area (Å²) in [6.45, 7) is 4.49. The Morgan fingerprint density at radius 1 is 0.706 bits per heavy atom. The van der Waals surface area contributed by atoms with Crippen molar-refractivity contribution in [1.29, 1.82) is 0 Å². The van der Waals surface area contributed by atoms with E-state index >= 15 is 0 Å². The van der Waals surface area contributed by atoms with E-state index in [0.717, 1.165) is 32.2 Å². The van der Waals surface area contributed by atoms with E-state index in [-0.39, 0.29) is 0 Å². The molecule has 0 heterocycles. The van der Waals surface area contributed by atoms with Gasteiger partial charge in [0, 0.05) is 0 Å². The number of allylic oxidation sites excluding steroid dienone is 7. The molecule has 0 aromatic heterocycles. The first-order chi connectivity index (χ1) is 8.41. The molecule has 0 bridgehead atoms. The maximum Gasteiger partial charge on any atom is -0.00773 e. The van der Waals surface area contributed by atoms with E-state index in [1.54, 1.807) is 0 Å². The van der Waals surface area contributed by atoms with E-state index in [9.17, 15) is 0 Å². The molecule has 17 heavy (non-hydrogen) atoms. The summed E-state index contributed by atoms with van der Waals surface area (Å²) in [6.07, 6.45) is 23.1. The molecular formula is C16H27N. The molecule has 0 aliphatic heterocycles. The molecule has 0 fully saturated rings. The fraction of sp³-hybridized carbons (Fsp3) is 0.500. The van der Waals surface area contributed by atoms with E-state index < -0.39 is 0 Å². The van der Waals surface area contributed by atoms with Crippen molar-refractivity contribution >= 4 is 0 Å². The average Bonchev–Trinajstić information content (AvgIpc) is 2.35. The van der Waals surface area contributed by atoms with Gasteiger partial charge in [-0.15, -0.1) is 6.58 Å². The topological polar surface area (TPSA) is 26.0 Å². The zero-order chi connectivity index (χ0) is 12.6. The highest BCUT2D eigenvalue weighted by molar-refractivity contribution is 4.98. The Kier molecular flexibility index (Phi) is 14.0. The van der Waals surface area contributed by atoms with Gasteiger partial charge in [-0.3, -0.25) is 0 Å². The van der Waals surface area contributed by atoms with Gasteiger partial charge < -0.3 is 5.73 Å². The normalized spacial score (nSPS) is 12.1. The predicted octanol–water partition coefficient (Wildman–Crippen LogP) is 4.53. The minimum atomic E-state index is 0.825. The molecule has 0 aliphatic carbocycles. The number of nitrogens with two attached hydrogens (primary N) is 1. The molecule has 1 nitrogen and oxygen atoms in total. The Bertz CT molecular complexity index is 236. The van der Waals surface area contributed by atoms with Gasteiger partial charge in [0.05, 0.1) is 0 Å². The standard InChI is InChI=1S/C16H27N/c1-2-3-4-5-6-7-8-9-10-11-12-13-14-15-16-17/h2,4-5,7-8,10-11H,1,3,6,9,12-17H2. The van der Waals surface area contributed by atoms with Crippen molar-refractivity contribution in [2.75, 3.05) is 6.54 Å². The highest BCUT2D eigenvalue weighted by Crippen LogP contribution is 2.00. The van der Waals surface area contributed by atoms with Crippen LogP contribution in [-0.2, 0) is 0 Å². The fourth-order valence-electron chi connectivity index (χ4n) is 1.44. The predicted molar refractivity (Wildman–Crippen MR) is 79.0 cm³/mol. The monoisotopic (exact) mass is 233 g/mol. The van der Waals surface area contributed by atoms with Crippen molar-refractivity contribution < 1.29 is 0 Å². The Hall–Kier alpha value is -1.08. The molecule has 0 radical (unpaired) electrons. The molecular weight excluding hydrogens is 206 g/mol. The minimum Gasteiger partial charge on any atom is -0.330 e. The summed E-state index contributed by atoms with van der Waals surface area (Å²) in [6, 6.07) is 0. The van der Waals surface area contributed by atoms with Crippen LogP contribution in [-0.4, -0.2) is 6.54 Å². The summed E-state index contributed by atoms with van der Waals surface area (Å²) in [7, 11) is 0. The molecule has 0 saturated carbocycles. The minimum absolute atomic E-state index is 0.825. The molecule has 0 spiro atoms. The zero-order valence-corrected chi connectivity index (χ0v) is 11.0. The Morgan fingerprint density at radius 2 is 1.29 bits per heavy atom. The van der Waals surface area contributed by atoms with Crippen molar-refractivity contribution in [1.82, 2.24) is 0 Å². The van der Waals surface area contributed by atoms with Crippen LogP contribution in [0.3, 0.4) is 0 Å². The maximum atomic E-state index is 5.43. The Labute approximate surface area is 107 Å². The molecule has 0 unspecified atom stereocenters. The first kappa shape index (κ1) is 15.9. The molecule has 0 aliphatic rings. The van der Waals surface area contributed by atoms with Gasteiger partial charge in [0.15, 0.2) is 0 Å². The lowest BCUT2D eigenvalue weighted by molar-refractivity contribution is 0.695. The van der Waals surface area contributed by atoms with Gasteiger partial charge in [-0.05, 0) is 45.1 Å². The molecule has 1 heteroatoms. The summed E-state index contributed by atoms with van der Waals surface area (Å²) >= 11 is 0. The van der Waals surface area contributed by atoms with Crippen LogP contribution in [0.5, 0.6) is 0 Å². The fourth-order valence-corrected chi connectivity index (χ4v) is 1.44. The lowest BCUT2D eigenvalue weighted by Crippen LogP contribution is -1.97. The van der Waals surface area contributed by atoms with Gasteiger partial charge in [0.2, 0.25) is 0 Å². The molecule has 0 saturated heterocycles. The van der Waals surface area contributed by atoms with Crippen LogP contribution in [0.15, 0.2) is 49.1 Å². The zero-order valence-electron chi connectivity index (χ0n) is 11.0. The van der Waals surface area contributed by atoms with Gasteiger partial charge in [0.1, 0.15) is 0 Å². The van der Waals surface area contributed by atoms with Gasteiger partial charge in [0.25, 0.3) is 0 Å². The first-order valence-electron chi connectivity index (χ1n) is 6.67. The first-order valence-corrected chi connectivity index (χ1v) is 6.67. The van der Waals surface area contributed by atoms with Gasteiger partial charge >= 0.3 is 0 Å². The second kappa shape index (κ2) is 14.9. The number of hydrogen-bond donors (Lipinski definition) is 1. The molecule has 0 amide bonds. The van der Waals surface area contributed by atoms with Crippen LogP contribution in [0, 0.1) is 0 Å². The molecule has 0 atom stereocenters. The van der Waals surface area contributed by atoms with Crippen molar-refractivity contribution in [2.45, 2.75) is 44.9 Å². The maximum absolute atomic E-state index is 5.43. The number of rotatable bonds is 11. The largest absolute Gasteiger partial charge is 0.330 e. The van der Waals surface area contributed by atoms with E-state index in [2.05, 4.69) is 43.0 Å². The van der Waals surface area contributed by atoms with E-state index in [0.29, 0.717) is 0 Å².